The zero-order valence-corrected chi connectivity index (χ0v) is 13.1. The molecule has 0 unspecified atom stereocenters. The molecule has 1 heterocycles. The lowest BCUT2D eigenvalue weighted by Crippen LogP contribution is -2.03. The first kappa shape index (κ1) is 14.2. The summed E-state index contributed by atoms with van der Waals surface area (Å²) >= 11 is 3.38. The quantitative estimate of drug-likeness (QED) is 0.639. The average Bonchev–Trinajstić information content (AvgIpc) is 2.73. The second-order valence-electron chi connectivity index (χ2n) is 3.66. The number of hydrogen-bond donors (Lipinski definition) is 1. The van der Waals surface area contributed by atoms with Crippen molar-refractivity contribution in [2.75, 3.05) is 12.4 Å². The van der Waals surface area contributed by atoms with Gasteiger partial charge in [0.05, 0.1) is 12.8 Å². The molecule has 0 saturated carbocycles. The van der Waals surface area contributed by atoms with Gasteiger partial charge >= 0.3 is 5.97 Å². The summed E-state index contributed by atoms with van der Waals surface area (Å²) in [6, 6.07) is 4.42. The number of rotatable bonds is 3. The highest BCUT2D eigenvalue weighted by atomic mass is 127. The molecule has 4 nitrogen and oxygen atoms in total. The van der Waals surface area contributed by atoms with E-state index < -0.39 is 5.97 Å². The standard InChI is InChI=1S/C12H10FIN2O2S/c1-6-10(11(17)18-2)16-12(19-6)15-9-4-3-7(13)5-8(9)14/h3-5H,1-2H3,(H,15,16). The van der Waals surface area contributed by atoms with Crippen molar-refractivity contribution >= 4 is 50.7 Å². The minimum absolute atomic E-state index is 0.291. The van der Waals surface area contributed by atoms with E-state index in [0.29, 0.717) is 10.8 Å². The van der Waals surface area contributed by atoms with Crippen molar-refractivity contribution < 1.29 is 13.9 Å². The van der Waals surface area contributed by atoms with Crippen LogP contribution in [0.25, 0.3) is 0 Å². The molecule has 100 valence electrons. The van der Waals surface area contributed by atoms with Gasteiger partial charge in [-0.15, -0.1) is 11.3 Å². The third-order valence-corrected chi connectivity index (χ3v) is 4.13. The molecule has 19 heavy (non-hydrogen) atoms. The van der Waals surface area contributed by atoms with Crippen molar-refractivity contribution in [3.05, 3.63) is 38.2 Å². The summed E-state index contributed by atoms with van der Waals surface area (Å²) in [6.45, 7) is 1.80. The number of carbonyl (C=O) groups excluding carboxylic acids is 1. The Kier molecular flexibility index (Phi) is 4.35. The van der Waals surface area contributed by atoms with Crippen LogP contribution in [0.2, 0.25) is 0 Å². The second kappa shape index (κ2) is 5.83. The first-order valence-corrected chi connectivity index (χ1v) is 7.18. The molecule has 1 N–H and O–H groups in total. The minimum atomic E-state index is -0.462. The van der Waals surface area contributed by atoms with Crippen LogP contribution in [0.3, 0.4) is 0 Å². The van der Waals surface area contributed by atoms with E-state index in [0.717, 1.165) is 14.1 Å². The Balaban J connectivity index is 2.26. The number of benzene rings is 1. The van der Waals surface area contributed by atoms with Crippen LogP contribution in [0.1, 0.15) is 15.4 Å². The van der Waals surface area contributed by atoms with Crippen LogP contribution in [0.4, 0.5) is 15.2 Å². The second-order valence-corrected chi connectivity index (χ2v) is 6.03. The van der Waals surface area contributed by atoms with Gasteiger partial charge in [0.15, 0.2) is 10.8 Å². The summed E-state index contributed by atoms with van der Waals surface area (Å²) in [7, 11) is 1.32. The highest BCUT2D eigenvalue weighted by Crippen LogP contribution is 2.28. The molecular formula is C12H10FIN2O2S. The van der Waals surface area contributed by atoms with Crippen molar-refractivity contribution in [2.24, 2.45) is 0 Å². The molecular weight excluding hydrogens is 382 g/mol. The number of methoxy groups -OCH3 is 1. The zero-order chi connectivity index (χ0) is 14.0. The normalized spacial score (nSPS) is 10.3. The van der Waals surface area contributed by atoms with Gasteiger partial charge in [-0.2, -0.15) is 0 Å². The Labute approximate surface area is 127 Å². The van der Waals surface area contributed by atoms with Gasteiger partial charge in [-0.1, -0.05) is 0 Å². The Morgan fingerprint density at radius 2 is 2.26 bits per heavy atom. The van der Waals surface area contributed by atoms with E-state index >= 15 is 0 Å². The lowest BCUT2D eigenvalue weighted by Gasteiger charge is -2.04. The number of anilines is 2. The van der Waals surface area contributed by atoms with Crippen LogP contribution in [0.15, 0.2) is 18.2 Å². The fourth-order valence-electron chi connectivity index (χ4n) is 1.44. The molecule has 7 heteroatoms. The number of carbonyl (C=O) groups is 1. The van der Waals surface area contributed by atoms with E-state index in [9.17, 15) is 9.18 Å². The number of hydrogen-bond acceptors (Lipinski definition) is 5. The maximum Gasteiger partial charge on any atom is 0.357 e. The SMILES string of the molecule is COC(=O)c1nc(Nc2ccc(F)cc2I)sc1C. The van der Waals surface area contributed by atoms with Crippen molar-refractivity contribution in [1.82, 2.24) is 4.98 Å². The predicted molar refractivity (Wildman–Crippen MR) is 80.6 cm³/mol. The number of nitrogens with zero attached hydrogens (tertiary/aromatic N) is 1. The van der Waals surface area contributed by atoms with Crippen LogP contribution >= 0.6 is 33.9 Å². The highest BCUT2D eigenvalue weighted by molar-refractivity contribution is 14.1. The van der Waals surface area contributed by atoms with Crippen molar-refractivity contribution in [2.45, 2.75) is 6.92 Å². The first-order chi connectivity index (χ1) is 9.01. The predicted octanol–water partition coefficient (Wildman–Crippen LogP) is 3.73. The summed E-state index contributed by atoms with van der Waals surface area (Å²) in [5.41, 5.74) is 1.04. The monoisotopic (exact) mass is 392 g/mol. The molecule has 1 aromatic carbocycles. The largest absolute Gasteiger partial charge is 0.464 e. The zero-order valence-electron chi connectivity index (χ0n) is 10.2. The maximum atomic E-state index is 13.0. The van der Waals surface area contributed by atoms with Crippen LogP contribution in [-0.4, -0.2) is 18.1 Å². The molecule has 0 spiro atoms. The number of ether oxygens (including phenoxy) is 1. The fraction of sp³-hybridized carbons (Fsp3) is 0.167. The van der Waals surface area contributed by atoms with Crippen LogP contribution in [-0.2, 0) is 4.74 Å². The van der Waals surface area contributed by atoms with Crippen LogP contribution in [0.5, 0.6) is 0 Å². The maximum absolute atomic E-state index is 13.0. The molecule has 2 aromatic rings. The van der Waals surface area contributed by atoms with Crippen molar-refractivity contribution in [3.8, 4) is 0 Å². The van der Waals surface area contributed by atoms with Gasteiger partial charge in [-0.05, 0) is 47.7 Å². The average molecular weight is 392 g/mol. The van der Waals surface area contributed by atoms with E-state index in [1.165, 1.54) is 30.6 Å². The lowest BCUT2D eigenvalue weighted by molar-refractivity contribution is 0.0594. The van der Waals surface area contributed by atoms with E-state index in [1.807, 2.05) is 22.6 Å². The lowest BCUT2D eigenvalue weighted by atomic mass is 10.3. The Hall–Kier alpha value is -1.22. The molecule has 0 aliphatic rings. The van der Waals surface area contributed by atoms with Gasteiger partial charge in [0.25, 0.3) is 0 Å². The molecule has 0 amide bonds. The number of nitrogens with one attached hydrogen (secondary N) is 1. The van der Waals surface area contributed by atoms with Gasteiger partial charge < -0.3 is 10.1 Å². The Morgan fingerprint density at radius 3 is 2.89 bits per heavy atom. The van der Waals surface area contributed by atoms with E-state index in [1.54, 1.807) is 13.0 Å². The van der Waals surface area contributed by atoms with E-state index in [-0.39, 0.29) is 5.82 Å². The van der Waals surface area contributed by atoms with Gasteiger partial charge in [0, 0.05) is 8.45 Å². The topological polar surface area (TPSA) is 51.2 Å². The molecule has 1 aromatic heterocycles. The summed E-state index contributed by atoms with van der Waals surface area (Å²) in [6.07, 6.45) is 0. The summed E-state index contributed by atoms with van der Waals surface area (Å²) < 4.78 is 18.4. The van der Waals surface area contributed by atoms with Gasteiger partial charge in [-0.3, -0.25) is 0 Å². The number of aromatic nitrogens is 1. The molecule has 0 atom stereocenters. The fourth-order valence-corrected chi connectivity index (χ4v) is 2.87. The number of thiazole rings is 1. The third-order valence-electron chi connectivity index (χ3n) is 2.35. The number of halogens is 2. The molecule has 0 radical (unpaired) electrons. The van der Waals surface area contributed by atoms with Gasteiger partial charge in [-0.25, -0.2) is 14.2 Å². The third kappa shape index (κ3) is 3.21. The summed E-state index contributed by atoms with van der Waals surface area (Å²) in [5, 5.41) is 3.64. The summed E-state index contributed by atoms with van der Waals surface area (Å²) in [4.78, 5) is 16.4. The van der Waals surface area contributed by atoms with Crippen LogP contribution in [0, 0.1) is 16.3 Å². The van der Waals surface area contributed by atoms with E-state index in [4.69, 9.17) is 0 Å². The molecule has 0 aliphatic carbocycles. The number of aryl methyl sites for hydroxylation is 1. The Bertz CT molecular complexity index is 630. The molecule has 0 fully saturated rings. The first-order valence-electron chi connectivity index (χ1n) is 5.29. The van der Waals surface area contributed by atoms with E-state index in [2.05, 4.69) is 15.0 Å². The molecule has 0 saturated heterocycles. The van der Waals surface area contributed by atoms with Crippen LogP contribution < -0.4 is 5.32 Å². The Morgan fingerprint density at radius 1 is 1.53 bits per heavy atom. The highest BCUT2D eigenvalue weighted by Gasteiger charge is 2.16. The summed E-state index contributed by atoms with van der Waals surface area (Å²) in [5.74, 6) is -0.754. The van der Waals surface area contributed by atoms with Crippen molar-refractivity contribution in [1.29, 1.82) is 0 Å². The van der Waals surface area contributed by atoms with Gasteiger partial charge in [0.2, 0.25) is 0 Å². The number of esters is 1. The van der Waals surface area contributed by atoms with Gasteiger partial charge in [0.1, 0.15) is 5.82 Å². The van der Waals surface area contributed by atoms with Crippen molar-refractivity contribution in [3.63, 3.8) is 0 Å². The molecule has 0 aliphatic heterocycles. The molecule has 0 bridgehead atoms. The minimum Gasteiger partial charge on any atom is -0.464 e. The smallest absolute Gasteiger partial charge is 0.357 e. The molecule has 2 rings (SSSR count).